The van der Waals surface area contributed by atoms with Gasteiger partial charge in [-0.25, -0.2) is 4.98 Å². The molecule has 0 radical (unpaired) electrons. The summed E-state index contributed by atoms with van der Waals surface area (Å²) in [5.74, 6) is 2.13. The maximum absolute atomic E-state index is 5.34. The standard InChI is InChI=1S/C19H18BrN3O3S/c1-24-16-6-4-12(8-14(16)20)10-21-23-19-22-15(11-27-19)13-5-7-17(25-2)18(9-13)26-3/h4-11H,1-3H3,(H,22,23)/b21-10-. The zero-order valence-electron chi connectivity index (χ0n) is 15.0. The maximum Gasteiger partial charge on any atom is 0.203 e. The lowest BCUT2D eigenvalue weighted by Crippen LogP contribution is -1.92. The van der Waals surface area contributed by atoms with E-state index in [0.29, 0.717) is 16.6 Å². The minimum absolute atomic E-state index is 0.667. The smallest absolute Gasteiger partial charge is 0.203 e. The molecule has 0 atom stereocenters. The van der Waals surface area contributed by atoms with Crippen LogP contribution < -0.4 is 19.6 Å². The highest BCUT2D eigenvalue weighted by atomic mass is 79.9. The molecule has 1 aromatic heterocycles. The van der Waals surface area contributed by atoms with E-state index in [1.54, 1.807) is 27.5 Å². The molecule has 0 saturated carbocycles. The average molecular weight is 448 g/mol. The van der Waals surface area contributed by atoms with Gasteiger partial charge >= 0.3 is 0 Å². The monoisotopic (exact) mass is 447 g/mol. The number of anilines is 1. The molecule has 0 amide bonds. The number of nitrogens with one attached hydrogen (secondary N) is 1. The Hall–Kier alpha value is -2.58. The fourth-order valence-electron chi connectivity index (χ4n) is 2.38. The summed E-state index contributed by atoms with van der Waals surface area (Å²) in [6.45, 7) is 0. The normalized spacial score (nSPS) is 10.8. The van der Waals surface area contributed by atoms with Crippen LogP contribution in [0.4, 0.5) is 5.13 Å². The van der Waals surface area contributed by atoms with Crippen molar-refractivity contribution < 1.29 is 14.2 Å². The molecule has 140 valence electrons. The molecule has 0 saturated heterocycles. The van der Waals surface area contributed by atoms with Gasteiger partial charge in [0.1, 0.15) is 5.75 Å². The topological polar surface area (TPSA) is 65.0 Å². The van der Waals surface area contributed by atoms with Gasteiger partial charge in [0, 0.05) is 10.9 Å². The largest absolute Gasteiger partial charge is 0.496 e. The van der Waals surface area contributed by atoms with Crippen molar-refractivity contribution in [2.75, 3.05) is 26.8 Å². The lowest BCUT2D eigenvalue weighted by Gasteiger charge is -2.08. The van der Waals surface area contributed by atoms with E-state index in [9.17, 15) is 0 Å². The summed E-state index contributed by atoms with van der Waals surface area (Å²) in [6.07, 6.45) is 1.72. The Kier molecular flexibility index (Phi) is 6.31. The average Bonchev–Trinajstić information content (AvgIpc) is 3.16. The number of halogens is 1. The van der Waals surface area contributed by atoms with Crippen LogP contribution in [-0.4, -0.2) is 32.5 Å². The molecule has 27 heavy (non-hydrogen) atoms. The Balaban J connectivity index is 1.70. The number of methoxy groups -OCH3 is 3. The lowest BCUT2D eigenvalue weighted by atomic mass is 10.1. The van der Waals surface area contributed by atoms with E-state index in [-0.39, 0.29) is 0 Å². The quantitative estimate of drug-likeness (QED) is 0.405. The summed E-state index contributed by atoms with van der Waals surface area (Å²) in [6, 6.07) is 11.4. The van der Waals surface area contributed by atoms with Crippen molar-refractivity contribution in [2.45, 2.75) is 0 Å². The van der Waals surface area contributed by atoms with Crippen molar-refractivity contribution >= 4 is 38.6 Å². The molecule has 6 nitrogen and oxygen atoms in total. The van der Waals surface area contributed by atoms with Crippen LogP contribution in [0.15, 0.2) is 51.4 Å². The zero-order valence-corrected chi connectivity index (χ0v) is 17.4. The first-order chi connectivity index (χ1) is 13.1. The number of nitrogens with zero attached hydrogens (tertiary/aromatic N) is 2. The molecule has 0 fully saturated rings. The van der Waals surface area contributed by atoms with Crippen LogP contribution in [0.2, 0.25) is 0 Å². The molecule has 3 aromatic rings. The minimum Gasteiger partial charge on any atom is -0.496 e. The molecular formula is C19H18BrN3O3S. The highest BCUT2D eigenvalue weighted by Gasteiger charge is 2.09. The van der Waals surface area contributed by atoms with Gasteiger partial charge in [0.2, 0.25) is 5.13 Å². The van der Waals surface area contributed by atoms with Crippen LogP contribution in [0, 0.1) is 0 Å². The molecule has 2 aromatic carbocycles. The third-order valence-corrected chi connectivity index (χ3v) is 5.10. The van der Waals surface area contributed by atoms with Gasteiger partial charge in [-0.15, -0.1) is 11.3 Å². The summed E-state index contributed by atoms with van der Waals surface area (Å²) >= 11 is 4.93. The van der Waals surface area contributed by atoms with Crippen LogP contribution in [0.25, 0.3) is 11.3 Å². The molecule has 0 aliphatic carbocycles. The number of hydrazone groups is 1. The zero-order chi connectivity index (χ0) is 19.2. The molecule has 0 unspecified atom stereocenters. The van der Waals surface area contributed by atoms with Crippen LogP contribution in [-0.2, 0) is 0 Å². The van der Waals surface area contributed by atoms with Crippen molar-refractivity contribution in [3.63, 3.8) is 0 Å². The highest BCUT2D eigenvalue weighted by molar-refractivity contribution is 9.10. The van der Waals surface area contributed by atoms with Crippen molar-refractivity contribution in [2.24, 2.45) is 5.10 Å². The Morgan fingerprint density at radius 1 is 1.00 bits per heavy atom. The number of rotatable bonds is 7. The van der Waals surface area contributed by atoms with Gasteiger partial charge in [0.05, 0.1) is 37.7 Å². The van der Waals surface area contributed by atoms with Gasteiger partial charge in [-0.3, -0.25) is 5.43 Å². The molecule has 3 rings (SSSR count). The van der Waals surface area contributed by atoms with Crippen LogP contribution in [0.5, 0.6) is 17.2 Å². The molecule has 1 N–H and O–H groups in total. The van der Waals surface area contributed by atoms with Crippen LogP contribution in [0.1, 0.15) is 5.56 Å². The second kappa shape index (κ2) is 8.88. The highest BCUT2D eigenvalue weighted by Crippen LogP contribution is 2.33. The molecule has 8 heteroatoms. The third kappa shape index (κ3) is 4.58. The van der Waals surface area contributed by atoms with Crippen molar-refractivity contribution in [3.8, 4) is 28.5 Å². The summed E-state index contributed by atoms with van der Waals surface area (Å²) in [4.78, 5) is 4.56. The minimum atomic E-state index is 0.667. The first-order valence-electron chi connectivity index (χ1n) is 7.95. The number of ether oxygens (including phenoxy) is 3. The first-order valence-corrected chi connectivity index (χ1v) is 9.62. The SMILES string of the molecule is COc1ccc(/C=N\Nc2nc(-c3ccc(OC)c(OC)c3)cs2)cc1Br. The second-order valence-electron chi connectivity index (χ2n) is 5.37. The van der Waals surface area contributed by atoms with Gasteiger partial charge in [-0.05, 0) is 57.9 Å². The number of thiazole rings is 1. The number of benzene rings is 2. The van der Waals surface area contributed by atoms with Crippen molar-refractivity contribution in [3.05, 3.63) is 51.8 Å². The Morgan fingerprint density at radius 2 is 1.74 bits per heavy atom. The van der Waals surface area contributed by atoms with Crippen LogP contribution in [0.3, 0.4) is 0 Å². The maximum atomic E-state index is 5.34. The Bertz CT molecular complexity index is 959. The Labute approximate surface area is 169 Å². The lowest BCUT2D eigenvalue weighted by molar-refractivity contribution is 0.355. The van der Waals surface area contributed by atoms with Gasteiger partial charge in [0.25, 0.3) is 0 Å². The van der Waals surface area contributed by atoms with E-state index in [4.69, 9.17) is 14.2 Å². The molecule has 0 bridgehead atoms. The van der Waals surface area contributed by atoms with E-state index < -0.39 is 0 Å². The van der Waals surface area contributed by atoms with E-state index in [2.05, 4.69) is 31.4 Å². The summed E-state index contributed by atoms with van der Waals surface area (Å²) in [7, 11) is 4.86. The molecule has 1 heterocycles. The van der Waals surface area contributed by atoms with Gasteiger partial charge < -0.3 is 14.2 Å². The predicted octanol–water partition coefficient (Wildman–Crippen LogP) is 5.04. The molecule has 0 spiro atoms. The van der Waals surface area contributed by atoms with Gasteiger partial charge in [0.15, 0.2) is 11.5 Å². The van der Waals surface area contributed by atoms with Crippen molar-refractivity contribution in [1.29, 1.82) is 0 Å². The summed E-state index contributed by atoms with van der Waals surface area (Å²) in [5, 5.41) is 6.90. The Morgan fingerprint density at radius 3 is 2.44 bits per heavy atom. The van der Waals surface area contributed by atoms with Gasteiger partial charge in [-0.2, -0.15) is 5.10 Å². The number of hydrogen-bond donors (Lipinski definition) is 1. The molecule has 0 aliphatic heterocycles. The summed E-state index contributed by atoms with van der Waals surface area (Å²) in [5.41, 5.74) is 5.68. The fraction of sp³-hybridized carbons (Fsp3) is 0.158. The molecule has 0 aliphatic rings. The second-order valence-corrected chi connectivity index (χ2v) is 7.08. The third-order valence-electron chi connectivity index (χ3n) is 3.73. The van der Waals surface area contributed by atoms with Crippen molar-refractivity contribution in [1.82, 2.24) is 4.98 Å². The van der Waals surface area contributed by atoms with Gasteiger partial charge in [-0.1, -0.05) is 0 Å². The summed E-state index contributed by atoms with van der Waals surface area (Å²) < 4.78 is 16.7. The first kappa shape index (κ1) is 19.2. The fourth-order valence-corrected chi connectivity index (χ4v) is 3.61. The molecular weight excluding hydrogens is 430 g/mol. The number of aromatic nitrogens is 1. The predicted molar refractivity (Wildman–Crippen MR) is 113 cm³/mol. The number of hydrogen-bond acceptors (Lipinski definition) is 7. The van der Waals surface area contributed by atoms with Crippen LogP contribution >= 0.6 is 27.3 Å². The van der Waals surface area contributed by atoms with E-state index >= 15 is 0 Å². The van der Waals surface area contributed by atoms with E-state index in [1.807, 2.05) is 41.8 Å². The van der Waals surface area contributed by atoms with E-state index in [0.717, 1.165) is 27.0 Å². The van der Waals surface area contributed by atoms with E-state index in [1.165, 1.54) is 11.3 Å².